The fourth-order valence-corrected chi connectivity index (χ4v) is 5.47. The Labute approximate surface area is 220 Å². The lowest BCUT2D eigenvalue weighted by Crippen LogP contribution is -2.29. The molecule has 1 fully saturated rings. The van der Waals surface area contributed by atoms with Crippen LogP contribution in [0.2, 0.25) is 0 Å². The topological polar surface area (TPSA) is 138 Å². The van der Waals surface area contributed by atoms with Crippen molar-refractivity contribution in [2.75, 3.05) is 20.7 Å². The number of rotatable bonds is 6. The number of nitrogens with zero attached hydrogens (tertiary/aromatic N) is 6. The summed E-state index contributed by atoms with van der Waals surface area (Å²) in [4.78, 5) is 58.6. The second-order valence-corrected chi connectivity index (χ2v) is 12.3. The lowest BCUT2D eigenvalue weighted by atomic mass is 9.98. The average molecular weight is 549 g/mol. The molecule has 0 saturated carbocycles. The van der Waals surface area contributed by atoms with Crippen molar-refractivity contribution in [2.45, 2.75) is 53.2 Å². The number of ether oxygens (including phenoxy) is 3. The molecule has 0 unspecified atom stereocenters. The first kappa shape index (κ1) is 27.0. The quantitative estimate of drug-likeness (QED) is 0.257. The third-order valence-corrected chi connectivity index (χ3v) is 7.41. The molecule has 3 aromatic heterocycles. The van der Waals surface area contributed by atoms with E-state index in [-0.39, 0.29) is 27.8 Å². The minimum Gasteiger partial charge on any atom is -0.443 e. The largest absolute Gasteiger partial charge is 0.443 e. The summed E-state index contributed by atoms with van der Waals surface area (Å²) in [5.41, 5.74) is -0.988. The fourth-order valence-electron chi connectivity index (χ4n) is 3.31. The first-order valence-electron chi connectivity index (χ1n) is 11.4. The van der Waals surface area contributed by atoms with Gasteiger partial charge in [0.2, 0.25) is 5.95 Å². The predicted octanol–water partition coefficient (Wildman–Crippen LogP) is 2.93. The van der Waals surface area contributed by atoms with Crippen molar-refractivity contribution in [3.05, 3.63) is 30.3 Å². The van der Waals surface area contributed by atoms with Crippen LogP contribution in [-0.2, 0) is 25.7 Å². The van der Waals surface area contributed by atoms with Crippen LogP contribution < -0.4 is 9.62 Å². The molecular weight excluding hydrogens is 520 g/mol. The highest BCUT2D eigenvalue weighted by atomic mass is 32.2. The van der Waals surface area contributed by atoms with E-state index in [1.54, 1.807) is 53.6 Å². The molecule has 0 aliphatic carbocycles. The lowest BCUT2D eigenvalue weighted by Gasteiger charge is -2.18. The number of hydrogen-bond acceptors (Lipinski definition) is 12. The minimum absolute atomic E-state index is 0.00887. The van der Waals surface area contributed by atoms with E-state index in [1.807, 2.05) is 0 Å². The number of hydrogen-bond donors (Lipinski definition) is 0. The van der Waals surface area contributed by atoms with Crippen LogP contribution in [0.4, 0.5) is 5.95 Å². The molecule has 1 aliphatic heterocycles. The maximum absolute atomic E-state index is 13.5. The SMILES string of the molecule is CN(C)/C=N/c1nc2ncc(-c3sc(=O)sc3[C@H]3COC(C)(C)O3)nc2c(=O)n1COC(=O)C(C)(C)C. The average Bonchev–Trinajstić information content (AvgIpc) is 3.37. The number of carbonyl (C=O) groups excluding carboxylic acids is 1. The third kappa shape index (κ3) is 5.92. The van der Waals surface area contributed by atoms with Gasteiger partial charge >= 0.3 is 5.97 Å². The summed E-state index contributed by atoms with van der Waals surface area (Å²) in [6.07, 6.45) is 2.49. The molecule has 4 rings (SSSR count). The van der Waals surface area contributed by atoms with Crippen LogP contribution >= 0.6 is 22.7 Å². The molecular formula is C23H28N6O6S2. The molecule has 1 atom stereocenters. The Balaban J connectivity index is 1.80. The van der Waals surface area contributed by atoms with Crippen LogP contribution in [0.15, 0.2) is 20.8 Å². The highest BCUT2D eigenvalue weighted by Gasteiger charge is 2.36. The van der Waals surface area contributed by atoms with Crippen molar-refractivity contribution >= 4 is 52.1 Å². The summed E-state index contributed by atoms with van der Waals surface area (Å²) >= 11 is 2.06. The van der Waals surface area contributed by atoms with Crippen molar-refractivity contribution in [1.29, 1.82) is 0 Å². The minimum atomic E-state index is -0.777. The molecule has 0 spiro atoms. The van der Waals surface area contributed by atoms with Crippen molar-refractivity contribution in [3.63, 3.8) is 0 Å². The van der Waals surface area contributed by atoms with Crippen LogP contribution in [-0.4, -0.2) is 63.2 Å². The number of carbonyl (C=O) groups is 1. The monoisotopic (exact) mass is 548 g/mol. The second kappa shape index (κ2) is 10.0. The summed E-state index contributed by atoms with van der Waals surface area (Å²) in [5.74, 6) is -1.26. The van der Waals surface area contributed by atoms with E-state index in [1.165, 1.54) is 12.5 Å². The standard InChI is InChI=1S/C23H28N6O6S2/c1-22(2,3)19(31)33-11-29-18(30)14-17(27-20(29)25-10-28(6)7)24-8-12(26-14)15-16(37-21(32)36-15)13-9-34-23(4,5)35-13/h8,10,13H,9,11H2,1-7H3/b25-10+/t13-/m1/s1. The number of fused-ring (bicyclic) bond motifs is 1. The molecule has 12 nitrogen and oxygen atoms in total. The van der Waals surface area contributed by atoms with Gasteiger partial charge in [0.05, 0.1) is 34.3 Å². The van der Waals surface area contributed by atoms with E-state index in [0.29, 0.717) is 15.4 Å². The van der Waals surface area contributed by atoms with Crippen LogP contribution in [0.5, 0.6) is 0 Å². The third-order valence-electron chi connectivity index (χ3n) is 5.13. The van der Waals surface area contributed by atoms with Crippen molar-refractivity contribution in [1.82, 2.24) is 24.4 Å². The van der Waals surface area contributed by atoms with E-state index < -0.39 is 35.6 Å². The van der Waals surface area contributed by atoms with Gasteiger partial charge in [-0.2, -0.15) is 4.98 Å². The molecule has 4 heterocycles. The predicted molar refractivity (Wildman–Crippen MR) is 140 cm³/mol. The second-order valence-electron chi connectivity index (χ2n) is 10.1. The van der Waals surface area contributed by atoms with Gasteiger partial charge in [0.25, 0.3) is 9.62 Å². The summed E-state index contributed by atoms with van der Waals surface area (Å²) in [7, 11) is 3.53. The van der Waals surface area contributed by atoms with E-state index in [2.05, 4.69) is 19.9 Å². The zero-order valence-corrected chi connectivity index (χ0v) is 23.2. The van der Waals surface area contributed by atoms with E-state index in [9.17, 15) is 14.4 Å². The molecule has 0 N–H and O–H groups in total. The van der Waals surface area contributed by atoms with Gasteiger partial charge in [-0.3, -0.25) is 14.4 Å². The maximum atomic E-state index is 13.5. The summed E-state index contributed by atoms with van der Waals surface area (Å²) < 4.78 is 18.0. The number of aliphatic imine (C=N–C) groups is 1. The van der Waals surface area contributed by atoms with Gasteiger partial charge in [0.15, 0.2) is 23.7 Å². The van der Waals surface area contributed by atoms with Crippen LogP contribution in [0.25, 0.3) is 21.7 Å². The summed E-state index contributed by atoms with van der Waals surface area (Å²) in [6, 6.07) is 0. The van der Waals surface area contributed by atoms with Gasteiger partial charge in [-0.1, -0.05) is 22.7 Å². The Morgan fingerprint density at radius 2 is 2.03 bits per heavy atom. The highest BCUT2D eigenvalue weighted by molar-refractivity contribution is 7.29. The van der Waals surface area contributed by atoms with Crippen molar-refractivity contribution < 1.29 is 19.0 Å². The van der Waals surface area contributed by atoms with Gasteiger partial charge in [-0.25, -0.2) is 19.5 Å². The fraction of sp³-hybridized carbons (Fsp3) is 0.522. The molecule has 14 heteroatoms. The van der Waals surface area contributed by atoms with Gasteiger partial charge < -0.3 is 19.1 Å². The highest BCUT2D eigenvalue weighted by Crippen LogP contribution is 2.40. The first-order chi connectivity index (χ1) is 17.2. The summed E-state index contributed by atoms with van der Waals surface area (Å²) in [5, 5.41) is 0. The van der Waals surface area contributed by atoms with E-state index >= 15 is 0 Å². The number of esters is 1. The molecule has 1 saturated heterocycles. The molecule has 0 bridgehead atoms. The number of aromatic nitrogens is 4. The van der Waals surface area contributed by atoms with Gasteiger partial charge in [0, 0.05) is 14.1 Å². The Bertz CT molecular complexity index is 1480. The molecule has 198 valence electrons. The normalized spacial score (nSPS) is 17.5. The Morgan fingerprint density at radius 3 is 2.65 bits per heavy atom. The Morgan fingerprint density at radius 1 is 1.30 bits per heavy atom. The van der Waals surface area contributed by atoms with Crippen molar-refractivity contribution in [3.8, 4) is 10.6 Å². The molecule has 0 amide bonds. The van der Waals surface area contributed by atoms with Crippen molar-refractivity contribution in [2.24, 2.45) is 10.4 Å². The van der Waals surface area contributed by atoms with Gasteiger partial charge in [0.1, 0.15) is 11.8 Å². The van der Waals surface area contributed by atoms with Gasteiger partial charge in [-0.15, -0.1) is 0 Å². The molecule has 1 aliphatic rings. The van der Waals surface area contributed by atoms with E-state index in [0.717, 1.165) is 27.2 Å². The first-order valence-corrected chi connectivity index (χ1v) is 13.0. The van der Waals surface area contributed by atoms with Gasteiger partial charge in [-0.05, 0) is 34.6 Å². The van der Waals surface area contributed by atoms with Crippen LogP contribution in [0, 0.1) is 5.41 Å². The van der Waals surface area contributed by atoms with Crippen LogP contribution in [0.3, 0.4) is 0 Å². The molecule has 3 aromatic rings. The zero-order valence-electron chi connectivity index (χ0n) is 21.6. The lowest BCUT2D eigenvalue weighted by molar-refractivity contribution is -0.157. The smallest absolute Gasteiger partial charge is 0.312 e. The maximum Gasteiger partial charge on any atom is 0.312 e. The van der Waals surface area contributed by atoms with E-state index in [4.69, 9.17) is 14.2 Å². The Kier molecular flexibility index (Phi) is 7.29. The zero-order chi connectivity index (χ0) is 27.1. The molecule has 0 radical (unpaired) electrons. The van der Waals surface area contributed by atoms with Crippen LogP contribution in [0.1, 0.15) is 45.6 Å². The molecule has 0 aromatic carbocycles. The summed E-state index contributed by atoms with van der Waals surface area (Å²) in [6.45, 7) is 8.62. The Hall–Kier alpha value is -3.07. The molecule has 37 heavy (non-hydrogen) atoms.